The fourth-order valence-corrected chi connectivity index (χ4v) is 10.5. The van der Waals surface area contributed by atoms with E-state index in [2.05, 4.69) is 45.4 Å². The highest BCUT2D eigenvalue weighted by Crippen LogP contribution is 2.62. The number of halogens is 2. The molecule has 4 unspecified atom stereocenters. The first-order chi connectivity index (χ1) is 33.0. The third-order valence-corrected chi connectivity index (χ3v) is 13.9. The van der Waals surface area contributed by atoms with Gasteiger partial charge in [0.1, 0.15) is 50.8 Å². The Labute approximate surface area is 391 Å². The Morgan fingerprint density at radius 2 is 1.40 bits per heavy atom. The van der Waals surface area contributed by atoms with Crippen LogP contribution in [0.5, 0.6) is 0 Å². The van der Waals surface area contributed by atoms with E-state index >= 15 is 8.78 Å². The summed E-state index contributed by atoms with van der Waals surface area (Å²) in [5, 5.41) is 14.8. The van der Waals surface area contributed by atoms with Crippen LogP contribution in [0.3, 0.4) is 0 Å². The van der Waals surface area contributed by atoms with Gasteiger partial charge in [0, 0.05) is 11.1 Å². The molecular formula is C40H39BF2N12O10P2S. The first-order valence-electron chi connectivity index (χ1n) is 20.3. The monoisotopic (exact) mass is 990 g/mol. The number of fused-ring (bicyclic) bond motifs is 4. The van der Waals surface area contributed by atoms with E-state index in [1.54, 1.807) is 60.7 Å². The van der Waals surface area contributed by atoms with Crippen LogP contribution in [-0.4, -0.2) is 128 Å². The van der Waals surface area contributed by atoms with E-state index in [0.29, 0.717) is 11.1 Å². The van der Waals surface area contributed by atoms with Gasteiger partial charge < -0.3 is 34.0 Å². The number of carbonyl (C=O) groups is 2. The number of nitriles is 1. The number of alkyl halides is 2. The lowest BCUT2D eigenvalue weighted by atomic mass is 10.1. The summed E-state index contributed by atoms with van der Waals surface area (Å²) in [5.41, 5.74) is 1.24. The fraction of sp³-hybridized carbons (Fsp3) is 0.350. The molecule has 4 aromatic heterocycles. The molecule has 2 aromatic carbocycles. The Bertz CT molecular complexity index is 2940. The molecule has 6 aromatic rings. The third-order valence-electron chi connectivity index (χ3n) is 10.4. The van der Waals surface area contributed by atoms with E-state index < -0.39 is 96.3 Å². The molecule has 3 aliphatic heterocycles. The average molecular weight is 991 g/mol. The molecule has 7 heterocycles. The number of carbonyl (C=O) groups excluding carboxylic acids is 2. The molecule has 2 N–H and O–H groups in total. The zero-order chi connectivity index (χ0) is 47.4. The lowest BCUT2D eigenvalue weighted by Gasteiger charge is -2.33. The molecule has 2 amide bonds. The van der Waals surface area contributed by atoms with Crippen LogP contribution < -0.4 is 10.6 Å². The van der Waals surface area contributed by atoms with Crippen LogP contribution in [0.4, 0.5) is 20.4 Å². The van der Waals surface area contributed by atoms with E-state index in [1.165, 1.54) is 34.4 Å². The summed E-state index contributed by atoms with van der Waals surface area (Å²) in [6.07, 6.45) is -7.57. The van der Waals surface area contributed by atoms with E-state index in [4.69, 9.17) is 55.0 Å². The molecule has 0 spiro atoms. The number of hydrogen-bond donors (Lipinski definition) is 2. The minimum atomic E-state index is -4.06. The number of hydrogen-bond acceptors (Lipinski definition) is 18. The first kappa shape index (κ1) is 47.2. The first-order valence-corrected chi connectivity index (χ1v) is 24.0. The maximum atomic E-state index is 17.2. The summed E-state index contributed by atoms with van der Waals surface area (Å²) >= 11 is 5.85. The normalized spacial score (nSPS) is 28.4. The second-order valence-electron chi connectivity index (χ2n) is 14.6. The van der Waals surface area contributed by atoms with Crippen LogP contribution in [0.1, 0.15) is 39.6 Å². The van der Waals surface area contributed by atoms with Crippen LogP contribution in [0.25, 0.3) is 27.2 Å². The van der Waals surface area contributed by atoms with Crippen LogP contribution in [0, 0.1) is 17.9 Å². The topological polar surface area (TPSA) is 247 Å². The SMILES string of the molecule is [BH3-][P+]1(OCCC#N)OC[C@H]2O[C@@H](n3cnc4c(NC(=O)c5ccccc5)ncnc43)C(F)[C@H]2OP(=S)(OCC[N+]#[C-])OC[C@H]2O[C@@H](n3cnc4c(NC(=O)c5ccccc5)ncnc43)[C@@H](F)C2O1. The van der Waals surface area contributed by atoms with Gasteiger partial charge in [0.15, 0.2) is 64.9 Å². The number of benzene rings is 2. The molecule has 10 atom stereocenters. The van der Waals surface area contributed by atoms with Crippen molar-refractivity contribution in [1.82, 2.24) is 39.0 Å². The maximum Gasteiger partial charge on any atom is 0.328 e. The molecule has 3 aliphatic rings. The van der Waals surface area contributed by atoms with Gasteiger partial charge in [-0.15, -0.1) is 0 Å². The van der Waals surface area contributed by atoms with Gasteiger partial charge in [0.25, 0.3) is 11.8 Å². The Kier molecular flexibility index (Phi) is 14.2. The predicted molar refractivity (Wildman–Crippen MR) is 243 cm³/mol. The van der Waals surface area contributed by atoms with E-state index in [9.17, 15) is 14.9 Å². The minimum absolute atomic E-state index is 0.0472. The summed E-state index contributed by atoms with van der Waals surface area (Å²) in [7, 11) is -4.60. The summed E-state index contributed by atoms with van der Waals surface area (Å²) in [4.78, 5) is 55.2. The molecular weight excluding hydrogens is 951 g/mol. The fourth-order valence-electron chi connectivity index (χ4n) is 7.26. The summed E-state index contributed by atoms with van der Waals surface area (Å²) < 4.78 is 87.2. The number of amides is 2. The van der Waals surface area contributed by atoms with Crippen molar-refractivity contribution in [2.45, 2.75) is 55.6 Å². The maximum absolute atomic E-state index is 17.2. The van der Waals surface area contributed by atoms with Crippen molar-refractivity contribution in [2.75, 3.05) is 43.6 Å². The molecule has 0 radical (unpaired) electrons. The molecule has 0 saturated carbocycles. The van der Waals surface area contributed by atoms with Crippen molar-refractivity contribution in [2.24, 2.45) is 0 Å². The molecule has 352 valence electrons. The van der Waals surface area contributed by atoms with Crippen LogP contribution in [0.15, 0.2) is 86.0 Å². The largest absolute Gasteiger partial charge is 0.346 e. The van der Waals surface area contributed by atoms with E-state index in [1.807, 2.05) is 6.07 Å². The Hall–Kier alpha value is -5.86. The molecule has 3 fully saturated rings. The zero-order valence-corrected chi connectivity index (χ0v) is 37.2. The third kappa shape index (κ3) is 9.85. The lowest BCUT2D eigenvalue weighted by molar-refractivity contribution is -0.0618. The molecule has 0 bridgehead atoms. The summed E-state index contributed by atoms with van der Waals surface area (Å²) in [6, 6.07) is 18.9. The highest BCUT2D eigenvalue weighted by Gasteiger charge is 2.56. The standard InChI is InChI=1S/C40H39BF2N12O10P2S/c1-45-14-16-59-67(68)61-18-26-31(27(42)39(63-26)54-21-50-29-33(46-19-48-35(29)54)52-37(56)23-9-4-2-5-10-23)64-66(41,58-15-8-13-44)60-17-25-32(65-67)28(43)40(62-25)55-22-51-30-34(47-20-49-36(30)55)53-38(57)24-11-6-3-7-12-24/h2-7,9-12,19-22,25-28,31-32,39-40H,8,14-18H2,41H3,(H,46,48,52,56)(H,47,49,53,57)/t25-,26-,27+,28?,31?,32+,39-,40-,66?,67?/m1/s1. The molecule has 0 aliphatic carbocycles. The minimum Gasteiger partial charge on any atom is -0.346 e. The van der Waals surface area contributed by atoms with Gasteiger partial charge in [-0.1, -0.05) is 36.4 Å². The number of nitrogens with zero attached hydrogens (tertiary/aromatic N) is 10. The van der Waals surface area contributed by atoms with Crippen LogP contribution in [0.2, 0.25) is 0 Å². The van der Waals surface area contributed by atoms with Crippen molar-refractivity contribution in [3.05, 3.63) is 109 Å². The predicted octanol–water partition coefficient (Wildman–Crippen LogP) is 4.59. The highest BCUT2D eigenvalue weighted by atomic mass is 32.5. The number of rotatable bonds is 12. The smallest absolute Gasteiger partial charge is 0.328 e. The van der Waals surface area contributed by atoms with Gasteiger partial charge in [-0.3, -0.25) is 23.2 Å². The second-order valence-corrected chi connectivity index (χ2v) is 18.7. The molecule has 28 heteroatoms. The Morgan fingerprint density at radius 3 is 1.94 bits per heavy atom. The Balaban J connectivity index is 1.01. The van der Waals surface area contributed by atoms with Gasteiger partial charge in [-0.05, 0) is 36.1 Å². The van der Waals surface area contributed by atoms with Crippen molar-refractivity contribution in [3.63, 3.8) is 0 Å². The number of anilines is 2. The van der Waals surface area contributed by atoms with Crippen molar-refractivity contribution < 1.29 is 55.0 Å². The molecule has 68 heavy (non-hydrogen) atoms. The second kappa shape index (κ2) is 20.4. The number of imidazole rings is 2. The molecule has 9 rings (SSSR count). The van der Waals surface area contributed by atoms with E-state index in [-0.39, 0.29) is 60.1 Å². The molecule has 22 nitrogen and oxygen atoms in total. The van der Waals surface area contributed by atoms with Crippen LogP contribution >= 0.6 is 14.5 Å². The lowest BCUT2D eigenvalue weighted by Crippen LogP contribution is -2.38. The summed E-state index contributed by atoms with van der Waals surface area (Å²) in [6.45, 7) is 1.78. The van der Waals surface area contributed by atoms with Crippen LogP contribution in [-0.2, 0) is 48.4 Å². The van der Waals surface area contributed by atoms with Gasteiger partial charge >= 0.3 is 6.72 Å². The van der Waals surface area contributed by atoms with Crippen molar-refractivity contribution in [1.29, 1.82) is 5.26 Å². The molecule has 3 saturated heterocycles. The van der Waals surface area contributed by atoms with Crippen molar-refractivity contribution >= 4 is 79.7 Å². The average Bonchev–Trinajstić information content (AvgIpc) is 4.12. The van der Waals surface area contributed by atoms with E-state index in [0.717, 1.165) is 0 Å². The van der Waals surface area contributed by atoms with Crippen molar-refractivity contribution in [3.8, 4) is 6.07 Å². The number of nitrogens with one attached hydrogen (secondary N) is 2. The quantitative estimate of drug-likeness (QED) is 0.0736. The van der Waals surface area contributed by atoms with Gasteiger partial charge in [-0.25, -0.2) is 58.8 Å². The van der Waals surface area contributed by atoms with Gasteiger partial charge in [0.05, 0.1) is 31.8 Å². The Morgan fingerprint density at radius 1 is 0.853 bits per heavy atom. The number of aromatic nitrogens is 8. The van der Waals surface area contributed by atoms with Gasteiger partial charge in [0.2, 0.25) is 21.9 Å². The summed E-state index contributed by atoms with van der Waals surface area (Å²) in [5.74, 6) is -0.786. The number of ether oxygens (including phenoxy) is 2. The zero-order valence-electron chi connectivity index (χ0n) is 34.6. The van der Waals surface area contributed by atoms with Gasteiger partial charge in [-0.2, -0.15) is 5.26 Å². The highest BCUT2D eigenvalue weighted by molar-refractivity contribution is 8.07.